The van der Waals surface area contributed by atoms with E-state index < -0.39 is 16.1 Å². The molecule has 0 heterocycles. The summed E-state index contributed by atoms with van der Waals surface area (Å²) in [6.45, 7) is 5.35. The van der Waals surface area contributed by atoms with E-state index in [1.165, 1.54) is 0 Å². The number of anilines is 1. The van der Waals surface area contributed by atoms with Gasteiger partial charge in [0.25, 0.3) is 0 Å². The zero-order valence-corrected chi connectivity index (χ0v) is 17.1. The smallest absolute Gasteiger partial charge is 0.244 e. The monoisotopic (exact) mass is 390 g/mol. The summed E-state index contributed by atoms with van der Waals surface area (Å²) in [4.78, 5) is 12.7. The van der Waals surface area contributed by atoms with Crippen molar-refractivity contribution in [3.8, 4) is 5.75 Å². The van der Waals surface area contributed by atoms with E-state index in [0.717, 1.165) is 27.4 Å². The quantitative estimate of drug-likeness (QED) is 0.788. The van der Waals surface area contributed by atoms with Crippen LogP contribution in [-0.4, -0.2) is 33.7 Å². The van der Waals surface area contributed by atoms with Crippen molar-refractivity contribution in [3.63, 3.8) is 0 Å². The largest absolute Gasteiger partial charge is 0.497 e. The molecule has 0 saturated heterocycles. The van der Waals surface area contributed by atoms with Crippen LogP contribution < -0.4 is 14.4 Å². The number of amides is 1. The number of nitrogens with one attached hydrogen (secondary N) is 1. The lowest BCUT2D eigenvalue weighted by atomic mass is 10.1. The first-order valence-corrected chi connectivity index (χ1v) is 10.5. The van der Waals surface area contributed by atoms with Crippen LogP contribution in [0.5, 0.6) is 5.75 Å². The Labute approximate surface area is 161 Å². The Hall–Kier alpha value is -2.54. The molecule has 0 aliphatic rings. The average molecular weight is 391 g/mol. The first-order chi connectivity index (χ1) is 12.6. The van der Waals surface area contributed by atoms with Crippen molar-refractivity contribution in [3.05, 3.63) is 59.7 Å². The molecule has 2 atom stereocenters. The van der Waals surface area contributed by atoms with Crippen molar-refractivity contribution in [1.29, 1.82) is 0 Å². The van der Waals surface area contributed by atoms with Crippen molar-refractivity contribution in [2.75, 3.05) is 17.7 Å². The number of hydrogen-bond acceptors (Lipinski definition) is 4. The van der Waals surface area contributed by atoms with Gasteiger partial charge in [-0.2, -0.15) is 0 Å². The van der Waals surface area contributed by atoms with E-state index in [0.29, 0.717) is 5.69 Å². The number of nitrogens with zero attached hydrogens (tertiary/aromatic N) is 1. The highest BCUT2D eigenvalue weighted by atomic mass is 32.2. The highest BCUT2D eigenvalue weighted by Crippen LogP contribution is 2.22. The Morgan fingerprint density at radius 1 is 1.04 bits per heavy atom. The van der Waals surface area contributed by atoms with Crippen molar-refractivity contribution in [2.45, 2.75) is 32.9 Å². The third kappa shape index (κ3) is 5.23. The fourth-order valence-corrected chi connectivity index (χ4v) is 3.99. The van der Waals surface area contributed by atoms with Crippen LogP contribution in [0.2, 0.25) is 0 Å². The first kappa shape index (κ1) is 20.8. The van der Waals surface area contributed by atoms with Gasteiger partial charge >= 0.3 is 0 Å². The molecule has 0 saturated carbocycles. The van der Waals surface area contributed by atoms with E-state index in [1.807, 2.05) is 50.2 Å². The number of aryl methyl sites for hydroxylation is 1. The minimum absolute atomic E-state index is 0.273. The Morgan fingerprint density at radius 2 is 1.59 bits per heavy atom. The normalized spacial score (nSPS) is 13.5. The summed E-state index contributed by atoms with van der Waals surface area (Å²) in [7, 11) is -2.04. The lowest BCUT2D eigenvalue weighted by molar-refractivity contribution is -0.122. The van der Waals surface area contributed by atoms with Gasteiger partial charge in [-0.1, -0.05) is 29.8 Å². The lowest BCUT2D eigenvalue weighted by Crippen LogP contribution is -2.48. The fourth-order valence-electron chi connectivity index (χ4n) is 2.81. The number of sulfonamides is 1. The van der Waals surface area contributed by atoms with Crippen LogP contribution in [0.15, 0.2) is 48.5 Å². The molecule has 0 aromatic heterocycles. The molecule has 2 aromatic carbocycles. The average Bonchev–Trinajstić information content (AvgIpc) is 2.62. The molecule has 0 radical (unpaired) electrons. The summed E-state index contributed by atoms with van der Waals surface area (Å²) < 4.78 is 30.9. The molecule has 0 aliphatic carbocycles. The SMILES string of the molecule is COc1ccc([C@H](C)NC(=O)[C@H](C)N(c2ccc(C)cc2)S(C)(=O)=O)cc1. The predicted octanol–water partition coefficient (Wildman–Crippen LogP) is 3.04. The first-order valence-electron chi connectivity index (χ1n) is 8.64. The number of carbonyl (C=O) groups excluding carboxylic acids is 1. The van der Waals surface area contributed by atoms with Crippen LogP contribution in [0.4, 0.5) is 5.69 Å². The topological polar surface area (TPSA) is 75.7 Å². The summed E-state index contributed by atoms with van der Waals surface area (Å²) in [5, 5.41) is 2.88. The van der Waals surface area contributed by atoms with Gasteiger partial charge < -0.3 is 10.1 Å². The zero-order valence-electron chi connectivity index (χ0n) is 16.3. The standard InChI is InChI=1S/C20H26N2O4S/c1-14-6-10-18(11-7-14)22(27(5,24)25)16(3)20(23)21-15(2)17-8-12-19(26-4)13-9-17/h6-13,15-16H,1-5H3,(H,21,23)/t15-,16-/m0/s1. The van der Waals surface area contributed by atoms with Crippen molar-refractivity contribution < 1.29 is 17.9 Å². The van der Waals surface area contributed by atoms with Crippen LogP contribution in [0, 0.1) is 6.92 Å². The van der Waals surface area contributed by atoms with Crippen molar-refractivity contribution in [1.82, 2.24) is 5.32 Å². The lowest BCUT2D eigenvalue weighted by Gasteiger charge is -2.29. The third-order valence-electron chi connectivity index (χ3n) is 4.35. The third-order valence-corrected chi connectivity index (χ3v) is 5.59. The number of methoxy groups -OCH3 is 1. The minimum atomic E-state index is -3.63. The van der Waals surface area contributed by atoms with Crippen LogP contribution in [0.25, 0.3) is 0 Å². The van der Waals surface area contributed by atoms with Gasteiger partial charge in [0, 0.05) is 0 Å². The Balaban J connectivity index is 2.20. The van der Waals surface area contributed by atoms with E-state index in [2.05, 4.69) is 5.32 Å². The molecule has 2 rings (SSSR count). The van der Waals surface area contributed by atoms with Crippen molar-refractivity contribution >= 4 is 21.6 Å². The maximum Gasteiger partial charge on any atom is 0.244 e. The summed E-state index contributed by atoms with van der Waals surface area (Å²) in [5.41, 5.74) is 2.37. The molecule has 2 aromatic rings. The van der Waals surface area contributed by atoms with Crippen LogP contribution in [0.3, 0.4) is 0 Å². The van der Waals surface area contributed by atoms with Gasteiger partial charge in [-0.05, 0) is 50.6 Å². The second-order valence-corrected chi connectivity index (χ2v) is 8.43. The Morgan fingerprint density at radius 3 is 2.07 bits per heavy atom. The zero-order chi connectivity index (χ0) is 20.2. The minimum Gasteiger partial charge on any atom is -0.497 e. The molecule has 146 valence electrons. The summed E-state index contributed by atoms with van der Waals surface area (Å²) in [6, 6.07) is 13.2. The fraction of sp³-hybridized carbons (Fsp3) is 0.350. The van der Waals surface area contributed by atoms with Gasteiger partial charge in [0.1, 0.15) is 11.8 Å². The maximum atomic E-state index is 12.7. The van der Waals surface area contributed by atoms with Gasteiger partial charge in [-0.15, -0.1) is 0 Å². The highest BCUT2D eigenvalue weighted by molar-refractivity contribution is 7.92. The van der Waals surface area contributed by atoms with E-state index in [-0.39, 0.29) is 11.9 Å². The molecule has 0 spiro atoms. The number of benzene rings is 2. The van der Waals surface area contributed by atoms with Gasteiger partial charge in [-0.3, -0.25) is 9.10 Å². The molecule has 0 fully saturated rings. The molecular weight excluding hydrogens is 364 g/mol. The second kappa shape index (κ2) is 8.43. The molecular formula is C20H26N2O4S. The molecule has 0 bridgehead atoms. The van der Waals surface area contributed by atoms with Gasteiger partial charge in [0.15, 0.2) is 0 Å². The molecule has 0 aliphatic heterocycles. The van der Waals surface area contributed by atoms with Crippen molar-refractivity contribution in [2.24, 2.45) is 0 Å². The van der Waals surface area contributed by atoms with E-state index in [9.17, 15) is 13.2 Å². The second-order valence-electron chi connectivity index (χ2n) is 6.57. The molecule has 27 heavy (non-hydrogen) atoms. The van der Waals surface area contributed by atoms with Crippen LogP contribution in [0.1, 0.15) is 31.0 Å². The molecule has 7 heteroatoms. The van der Waals surface area contributed by atoms with Crippen LogP contribution >= 0.6 is 0 Å². The Bertz CT molecular complexity index is 877. The molecule has 0 unspecified atom stereocenters. The number of hydrogen-bond donors (Lipinski definition) is 1. The summed E-state index contributed by atoms with van der Waals surface area (Å²) in [5.74, 6) is 0.359. The molecule has 1 amide bonds. The summed E-state index contributed by atoms with van der Waals surface area (Å²) >= 11 is 0. The Kier molecular flexibility index (Phi) is 6.49. The van der Waals surface area contributed by atoms with E-state index in [1.54, 1.807) is 26.2 Å². The molecule has 1 N–H and O–H groups in total. The number of ether oxygens (including phenoxy) is 1. The van der Waals surface area contributed by atoms with E-state index >= 15 is 0 Å². The van der Waals surface area contributed by atoms with Gasteiger partial charge in [0.2, 0.25) is 15.9 Å². The predicted molar refractivity (Wildman–Crippen MR) is 108 cm³/mol. The molecule has 6 nitrogen and oxygen atoms in total. The van der Waals surface area contributed by atoms with Crippen LogP contribution in [-0.2, 0) is 14.8 Å². The van der Waals surface area contributed by atoms with E-state index in [4.69, 9.17) is 4.74 Å². The number of rotatable bonds is 7. The highest BCUT2D eigenvalue weighted by Gasteiger charge is 2.29. The van der Waals surface area contributed by atoms with Gasteiger partial charge in [-0.25, -0.2) is 8.42 Å². The number of carbonyl (C=O) groups is 1. The van der Waals surface area contributed by atoms with Gasteiger partial charge in [0.05, 0.1) is 25.1 Å². The maximum absolute atomic E-state index is 12.7. The summed E-state index contributed by atoms with van der Waals surface area (Å²) in [6.07, 6.45) is 1.10.